The van der Waals surface area contributed by atoms with Crippen molar-refractivity contribution in [3.63, 3.8) is 0 Å². The first-order chi connectivity index (χ1) is 31.2. The maximum atomic E-state index is 12.5. The summed E-state index contributed by atoms with van der Waals surface area (Å²) in [5.41, 5.74) is 0. The molecule has 4 heteroatoms. The van der Waals surface area contributed by atoms with Gasteiger partial charge in [0.25, 0.3) is 0 Å². The lowest BCUT2D eigenvalue weighted by molar-refractivity contribution is -0.123. The normalized spacial score (nSPS) is 13.0. The molecule has 2 unspecified atom stereocenters. The first-order valence-corrected chi connectivity index (χ1v) is 28.7. The number of rotatable bonds is 53. The van der Waals surface area contributed by atoms with E-state index in [1.165, 1.54) is 257 Å². The monoisotopic (exact) mass is 884 g/mol. The summed E-state index contributed by atoms with van der Waals surface area (Å²) in [6.07, 6.45) is 74.6. The zero-order chi connectivity index (χ0) is 45.6. The van der Waals surface area contributed by atoms with E-state index in [4.69, 9.17) is 0 Å². The Balaban J connectivity index is 3.53. The number of carbonyl (C=O) groups excluding carboxylic acids is 1. The number of aliphatic hydroxyl groups is 2. The van der Waals surface area contributed by atoms with E-state index in [1.807, 2.05) is 6.08 Å². The number of nitrogens with one attached hydrogen (secondary N) is 1. The molecule has 0 fully saturated rings. The average Bonchev–Trinajstić information content (AvgIpc) is 3.29. The molecule has 0 aromatic heterocycles. The van der Waals surface area contributed by atoms with E-state index in [2.05, 4.69) is 43.5 Å². The highest BCUT2D eigenvalue weighted by Gasteiger charge is 2.18. The van der Waals surface area contributed by atoms with E-state index in [0.717, 1.165) is 38.5 Å². The Morgan fingerprint density at radius 2 is 0.619 bits per heavy atom. The van der Waals surface area contributed by atoms with Crippen molar-refractivity contribution in [2.45, 2.75) is 328 Å². The number of aliphatic hydroxyl groups excluding tert-OH is 2. The first-order valence-electron chi connectivity index (χ1n) is 28.7. The van der Waals surface area contributed by atoms with Crippen LogP contribution in [0.25, 0.3) is 0 Å². The van der Waals surface area contributed by atoms with Gasteiger partial charge in [0.15, 0.2) is 0 Å². The molecule has 0 heterocycles. The molecule has 0 aromatic carbocycles. The van der Waals surface area contributed by atoms with E-state index >= 15 is 0 Å². The van der Waals surface area contributed by atoms with E-state index in [9.17, 15) is 15.0 Å². The van der Waals surface area contributed by atoms with Crippen LogP contribution in [-0.4, -0.2) is 34.9 Å². The van der Waals surface area contributed by atoms with Crippen molar-refractivity contribution < 1.29 is 15.0 Å². The Bertz CT molecular complexity index is 958. The van der Waals surface area contributed by atoms with Gasteiger partial charge < -0.3 is 15.5 Å². The average molecular weight is 885 g/mol. The number of allylic oxidation sites excluding steroid dienone is 5. The van der Waals surface area contributed by atoms with E-state index < -0.39 is 12.1 Å². The standard InChI is InChI=1S/C59H113NO3/c1-3-5-7-9-11-13-15-17-19-21-23-25-27-29-30-31-32-34-36-38-40-42-44-46-48-50-52-54-58(62)57(56-61)60-59(63)55-53-51-49-47-45-43-41-39-37-35-33-28-26-24-22-20-18-16-14-12-10-8-6-4-2/h36,38,44,46,52,54,57-58,61-62H,3-35,37,39-43,45,47-51,53,55-56H2,1-2H3,(H,60,63)/b38-36+,46-44+,54-52+. The third-order valence-electron chi connectivity index (χ3n) is 13.4. The third-order valence-corrected chi connectivity index (χ3v) is 13.4. The predicted octanol–water partition coefficient (Wildman–Crippen LogP) is 18.9. The van der Waals surface area contributed by atoms with E-state index in [1.54, 1.807) is 6.08 Å². The minimum atomic E-state index is -0.869. The fourth-order valence-electron chi connectivity index (χ4n) is 8.98. The maximum absolute atomic E-state index is 12.5. The zero-order valence-corrected chi connectivity index (χ0v) is 42.9. The molecule has 3 N–H and O–H groups in total. The van der Waals surface area contributed by atoms with Gasteiger partial charge in [-0.15, -0.1) is 0 Å². The van der Waals surface area contributed by atoms with Crippen molar-refractivity contribution in [3.8, 4) is 0 Å². The second kappa shape index (κ2) is 54.9. The van der Waals surface area contributed by atoms with Crippen LogP contribution in [0.1, 0.15) is 316 Å². The SMILES string of the molecule is CCCCCCCCCCCCCCCCCCC/C=C/CC/C=C/CC/C=C/C(O)C(CO)NC(=O)CCCCCCCCCCCCCCCCCCCCCCCCCC. The second-order valence-corrected chi connectivity index (χ2v) is 19.7. The largest absolute Gasteiger partial charge is 0.394 e. The second-order valence-electron chi connectivity index (χ2n) is 19.7. The molecule has 0 aliphatic carbocycles. The van der Waals surface area contributed by atoms with Crippen molar-refractivity contribution in [2.24, 2.45) is 0 Å². The summed E-state index contributed by atoms with van der Waals surface area (Å²) in [5.74, 6) is -0.0718. The van der Waals surface area contributed by atoms with Gasteiger partial charge in [0.1, 0.15) is 0 Å². The van der Waals surface area contributed by atoms with Crippen LogP contribution < -0.4 is 5.32 Å². The summed E-state index contributed by atoms with van der Waals surface area (Å²) in [6.45, 7) is 4.33. The van der Waals surface area contributed by atoms with E-state index in [0.29, 0.717) is 6.42 Å². The van der Waals surface area contributed by atoms with Crippen LogP contribution in [0.15, 0.2) is 36.5 Å². The molecule has 0 rings (SSSR count). The molecular weight excluding hydrogens is 771 g/mol. The Morgan fingerprint density at radius 1 is 0.365 bits per heavy atom. The summed E-state index contributed by atoms with van der Waals surface area (Å²) in [4.78, 5) is 12.5. The first kappa shape index (κ1) is 61.6. The van der Waals surface area contributed by atoms with Crippen LogP contribution in [0.2, 0.25) is 0 Å². The number of unbranched alkanes of at least 4 members (excludes halogenated alkanes) is 42. The maximum Gasteiger partial charge on any atom is 0.220 e. The Hall–Kier alpha value is -1.39. The van der Waals surface area contributed by atoms with Crippen LogP contribution in [0.3, 0.4) is 0 Å². The predicted molar refractivity (Wildman–Crippen MR) is 281 cm³/mol. The Morgan fingerprint density at radius 3 is 0.921 bits per heavy atom. The van der Waals surface area contributed by atoms with Crippen LogP contribution in [-0.2, 0) is 4.79 Å². The molecule has 0 radical (unpaired) electrons. The summed E-state index contributed by atoms with van der Waals surface area (Å²) in [7, 11) is 0. The smallest absolute Gasteiger partial charge is 0.220 e. The molecule has 1 amide bonds. The van der Waals surface area contributed by atoms with Gasteiger partial charge in [0.05, 0.1) is 18.8 Å². The van der Waals surface area contributed by atoms with Crippen molar-refractivity contribution in [1.29, 1.82) is 0 Å². The molecule has 0 bridgehead atoms. The molecule has 372 valence electrons. The van der Waals surface area contributed by atoms with E-state index in [-0.39, 0.29) is 12.5 Å². The fraction of sp³-hybridized carbons (Fsp3) is 0.881. The topological polar surface area (TPSA) is 69.6 Å². The molecule has 63 heavy (non-hydrogen) atoms. The molecule has 0 aliphatic heterocycles. The number of hydrogen-bond donors (Lipinski definition) is 3. The van der Waals surface area contributed by atoms with Gasteiger partial charge in [-0.1, -0.05) is 301 Å². The molecular formula is C59H113NO3. The highest BCUT2D eigenvalue weighted by molar-refractivity contribution is 5.76. The van der Waals surface area contributed by atoms with Gasteiger partial charge >= 0.3 is 0 Å². The minimum absolute atomic E-state index is 0.0718. The molecule has 0 spiro atoms. The van der Waals surface area contributed by atoms with Gasteiger partial charge in [0.2, 0.25) is 5.91 Å². The van der Waals surface area contributed by atoms with Crippen LogP contribution in [0.5, 0.6) is 0 Å². The Kier molecular flexibility index (Phi) is 53.7. The van der Waals surface area contributed by atoms with Gasteiger partial charge in [-0.2, -0.15) is 0 Å². The van der Waals surface area contributed by atoms with Crippen molar-refractivity contribution in [2.75, 3.05) is 6.61 Å². The van der Waals surface area contributed by atoms with Gasteiger partial charge in [0, 0.05) is 6.42 Å². The number of carbonyl (C=O) groups is 1. The Labute approximate surface area is 395 Å². The molecule has 0 saturated heterocycles. The number of hydrogen-bond acceptors (Lipinski definition) is 3. The van der Waals surface area contributed by atoms with Crippen LogP contribution in [0, 0.1) is 0 Å². The van der Waals surface area contributed by atoms with Crippen LogP contribution in [0.4, 0.5) is 0 Å². The molecule has 0 aliphatic rings. The summed E-state index contributed by atoms with van der Waals surface area (Å²) in [5, 5.41) is 23.2. The lowest BCUT2D eigenvalue weighted by Crippen LogP contribution is -2.45. The van der Waals surface area contributed by atoms with Crippen molar-refractivity contribution >= 4 is 5.91 Å². The number of amides is 1. The van der Waals surface area contributed by atoms with Gasteiger partial charge in [-0.3, -0.25) is 4.79 Å². The molecule has 0 saturated carbocycles. The summed E-state index contributed by atoms with van der Waals surface area (Å²) >= 11 is 0. The highest BCUT2D eigenvalue weighted by atomic mass is 16.3. The lowest BCUT2D eigenvalue weighted by Gasteiger charge is -2.19. The zero-order valence-electron chi connectivity index (χ0n) is 42.9. The van der Waals surface area contributed by atoms with Crippen molar-refractivity contribution in [3.05, 3.63) is 36.5 Å². The summed E-state index contributed by atoms with van der Waals surface area (Å²) < 4.78 is 0. The van der Waals surface area contributed by atoms with Crippen molar-refractivity contribution in [1.82, 2.24) is 5.32 Å². The quantitative estimate of drug-likeness (QED) is 0.0421. The lowest BCUT2D eigenvalue weighted by atomic mass is 10.0. The van der Waals surface area contributed by atoms with Gasteiger partial charge in [-0.25, -0.2) is 0 Å². The van der Waals surface area contributed by atoms with Crippen LogP contribution >= 0.6 is 0 Å². The van der Waals surface area contributed by atoms with Gasteiger partial charge in [-0.05, 0) is 44.9 Å². The fourth-order valence-corrected chi connectivity index (χ4v) is 8.98. The molecule has 4 nitrogen and oxygen atoms in total. The minimum Gasteiger partial charge on any atom is -0.394 e. The molecule has 0 aromatic rings. The summed E-state index contributed by atoms with van der Waals surface area (Å²) in [6, 6.07) is -0.644. The molecule has 2 atom stereocenters. The third kappa shape index (κ3) is 51.5. The highest BCUT2D eigenvalue weighted by Crippen LogP contribution is 2.17.